The fourth-order valence-corrected chi connectivity index (χ4v) is 2.95. The lowest BCUT2D eigenvalue weighted by molar-refractivity contribution is 0.726. The molecule has 2 aromatic rings. The molecule has 1 aliphatic heterocycles. The number of nitrogens with one attached hydrogen (secondary N) is 1. The highest BCUT2D eigenvalue weighted by Crippen LogP contribution is 2.22. The van der Waals surface area contributed by atoms with Crippen LogP contribution in [0.25, 0.3) is 0 Å². The van der Waals surface area contributed by atoms with E-state index in [1.807, 2.05) is 6.92 Å². The molecule has 1 aromatic carbocycles. The number of hydrogen-bond donors (Lipinski definition) is 1. The van der Waals surface area contributed by atoms with E-state index >= 15 is 0 Å². The molecule has 0 atom stereocenters. The Hall–Kier alpha value is -2.10. The lowest BCUT2D eigenvalue weighted by atomic mass is 10.2. The second kappa shape index (κ2) is 6.77. The average Bonchev–Trinajstić information content (AvgIpc) is 2.75. The minimum atomic E-state index is 0.817. The van der Waals surface area contributed by atoms with Crippen molar-refractivity contribution in [2.45, 2.75) is 39.5 Å². The minimum absolute atomic E-state index is 0.817. The summed E-state index contributed by atoms with van der Waals surface area (Å²) in [4.78, 5) is 11.6. The highest BCUT2D eigenvalue weighted by molar-refractivity contribution is 5.60. The van der Waals surface area contributed by atoms with Crippen molar-refractivity contribution in [2.24, 2.45) is 0 Å². The van der Waals surface area contributed by atoms with E-state index in [1.165, 1.54) is 31.2 Å². The van der Waals surface area contributed by atoms with Crippen LogP contribution in [0.4, 0.5) is 17.3 Å². The largest absolute Gasteiger partial charge is 0.356 e. The van der Waals surface area contributed by atoms with Gasteiger partial charge < -0.3 is 10.2 Å². The van der Waals surface area contributed by atoms with Crippen LogP contribution in [0.5, 0.6) is 0 Å². The van der Waals surface area contributed by atoms with Crippen molar-refractivity contribution < 1.29 is 0 Å². The van der Waals surface area contributed by atoms with E-state index < -0.39 is 0 Å². The standard InChI is InChI=1S/C18H24N4/c1-14-8-7-9-16(12-14)21-17-13-18(20-15(2)19-17)22-10-5-3-4-6-11-22/h7-9,12-13H,3-6,10-11H2,1-2H3,(H,19,20,21). The zero-order valence-corrected chi connectivity index (χ0v) is 13.5. The van der Waals surface area contributed by atoms with E-state index in [-0.39, 0.29) is 0 Å². The third-order valence-electron chi connectivity index (χ3n) is 4.04. The summed E-state index contributed by atoms with van der Waals surface area (Å²) in [5.74, 6) is 2.74. The van der Waals surface area contributed by atoms with E-state index in [0.717, 1.165) is 36.2 Å². The molecule has 4 nitrogen and oxygen atoms in total. The Morgan fingerprint density at radius 1 is 0.955 bits per heavy atom. The van der Waals surface area contributed by atoms with Crippen LogP contribution in [-0.4, -0.2) is 23.1 Å². The van der Waals surface area contributed by atoms with Crippen LogP contribution in [0.1, 0.15) is 37.1 Å². The van der Waals surface area contributed by atoms with Crippen molar-refractivity contribution >= 4 is 17.3 Å². The maximum absolute atomic E-state index is 4.63. The Balaban J connectivity index is 1.82. The Morgan fingerprint density at radius 3 is 2.45 bits per heavy atom. The van der Waals surface area contributed by atoms with Crippen molar-refractivity contribution in [1.29, 1.82) is 0 Å². The van der Waals surface area contributed by atoms with Crippen molar-refractivity contribution in [1.82, 2.24) is 9.97 Å². The first kappa shape index (κ1) is 14.8. The Kier molecular flexibility index (Phi) is 4.56. The second-order valence-electron chi connectivity index (χ2n) is 6.05. The first-order chi connectivity index (χ1) is 10.7. The van der Waals surface area contributed by atoms with Crippen molar-refractivity contribution in [3.05, 3.63) is 41.7 Å². The van der Waals surface area contributed by atoms with E-state index in [2.05, 4.69) is 57.4 Å². The Labute approximate surface area is 132 Å². The normalized spacial score (nSPS) is 15.5. The topological polar surface area (TPSA) is 41.0 Å². The summed E-state index contributed by atoms with van der Waals surface area (Å²) in [6.45, 7) is 6.25. The molecular weight excluding hydrogens is 272 g/mol. The predicted octanol–water partition coefficient (Wildman–Crippen LogP) is 4.22. The fourth-order valence-electron chi connectivity index (χ4n) is 2.95. The molecule has 1 fully saturated rings. The number of aryl methyl sites for hydroxylation is 2. The molecule has 22 heavy (non-hydrogen) atoms. The molecule has 4 heteroatoms. The van der Waals surface area contributed by atoms with Gasteiger partial charge in [0.25, 0.3) is 0 Å². The van der Waals surface area contributed by atoms with Gasteiger partial charge in [-0.3, -0.25) is 0 Å². The van der Waals surface area contributed by atoms with Crippen LogP contribution in [0, 0.1) is 13.8 Å². The quantitative estimate of drug-likeness (QED) is 0.921. The summed E-state index contributed by atoms with van der Waals surface area (Å²) in [6.07, 6.45) is 5.16. The molecule has 1 aromatic heterocycles. The lowest BCUT2D eigenvalue weighted by Crippen LogP contribution is -2.25. The zero-order valence-electron chi connectivity index (χ0n) is 13.5. The number of hydrogen-bond acceptors (Lipinski definition) is 4. The van der Waals surface area contributed by atoms with Gasteiger partial charge in [-0.25, -0.2) is 9.97 Å². The SMILES string of the molecule is Cc1cccc(Nc2cc(N3CCCCCC3)nc(C)n2)c1. The van der Waals surface area contributed by atoms with E-state index in [4.69, 9.17) is 0 Å². The van der Waals surface area contributed by atoms with Crippen LogP contribution in [0.3, 0.4) is 0 Å². The van der Waals surface area contributed by atoms with E-state index in [1.54, 1.807) is 0 Å². The third kappa shape index (κ3) is 3.75. The Bertz CT molecular complexity index is 631. The number of rotatable bonds is 3. The summed E-state index contributed by atoms with van der Waals surface area (Å²) in [5.41, 5.74) is 2.31. The molecule has 0 saturated carbocycles. The van der Waals surface area contributed by atoms with Crippen molar-refractivity contribution in [3.63, 3.8) is 0 Å². The fraction of sp³-hybridized carbons (Fsp3) is 0.444. The zero-order chi connectivity index (χ0) is 15.4. The van der Waals surface area contributed by atoms with E-state index in [0.29, 0.717) is 0 Å². The molecule has 1 aliphatic rings. The monoisotopic (exact) mass is 296 g/mol. The number of anilines is 3. The molecule has 0 spiro atoms. The second-order valence-corrected chi connectivity index (χ2v) is 6.05. The van der Waals surface area contributed by atoms with Crippen LogP contribution in [-0.2, 0) is 0 Å². The molecular formula is C18H24N4. The molecule has 0 aliphatic carbocycles. The van der Waals surface area contributed by atoms with Crippen LogP contribution in [0.2, 0.25) is 0 Å². The van der Waals surface area contributed by atoms with Gasteiger partial charge in [-0.2, -0.15) is 0 Å². The number of nitrogens with zero attached hydrogens (tertiary/aromatic N) is 3. The van der Waals surface area contributed by atoms with Gasteiger partial charge in [0, 0.05) is 24.8 Å². The first-order valence-corrected chi connectivity index (χ1v) is 8.15. The van der Waals surface area contributed by atoms with Crippen LogP contribution < -0.4 is 10.2 Å². The third-order valence-corrected chi connectivity index (χ3v) is 4.04. The molecule has 0 amide bonds. The van der Waals surface area contributed by atoms with Crippen LogP contribution >= 0.6 is 0 Å². The van der Waals surface area contributed by atoms with Gasteiger partial charge in [0.05, 0.1) is 0 Å². The molecule has 2 heterocycles. The van der Waals surface area contributed by atoms with Crippen molar-refractivity contribution in [3.8, 4) is 0 Å². The minimum Gasteiger partial charge on any atom is -0.356 e. The smallest absolute Gasteiger partial charge is 0.136 e. The van der Waals surface area contributed by atoms with E-state index in [9.17, 15) is 0 Å². The van der Waals surface area contributed by atoms with Gasteiger partial charge in [0.1, 0.15) is 17.5 Å². The summed E-state index contributed by atoms with van der Waals surface area (Å²) in [6, 6.07) is 10.4. The lowest BCUT2D eigenvalue weighted by Gasteiger charge is -2.22. The van der Waals surface area contributed by atoms with Gasteiger partial charge in [-0.1, -0.05) is 25.0 Å². The predicted molar refractivity (Wildman–Crippen MR) is 91.9 cm³/mol. The summed E-state index contributed by atoms with van der Waals surface area (Å²) >= 11 is 0. The molecule has 1 saturated heterocycles. The molecule has 0 radical (unpaired) electrons. The van der Waals surface area contributed by atoms with Gasteiger partial charge in [-0.15, -0.1) is 0 Å². The highest BCUT2D eigenvalue weighted by atomic mass is 15.2. The number of benzene rings is 1. The maximum Gasteiger partial charge on any atom is 0.136 e. The number of aromatic nitrogens is 2. The van der Waals surface area contributed by atoms with Gasteiger partial charge in [0.2, 0.25) is 0 Å². The summed E-state index contributed by atoms with van der Waals surface area (Å²) in [7, 11) is 0. The molecule has 3 rings (SSSR count). The van der Waals surface area contributed by atoms with Crippen LogP contribution in [0.15, 0.2) is 30.3 Å². The molecule has 0 bridgehead atoms. The van der Waals surface area contributed by atoms with Gasteiger partial charge in [0.15, 0.2) is 0 Å². The first-order valence-electron chi connectivity index (χ1n) is 8.15. The summed E-state index contributed by atoms with van der Waals surface area (Å²) < 4.78 is 0. The summed E-state index contributed by atoms with van der Waals surface area (Å²) in [5, 5.41) is 3.40. The Morgan fingerprint density at radius 2 is 1.73 bits per heavy atom. The van der Waals surface area contributed by atoms with Gasteiger partial charge >= 0.3 is 0 Å². The van der Waals surface area contributed by atoms with Crippen molar-refractivity contribution in [2.75, 3.05) is 23.3 Å². The molecule has 0 unspecified atom stereocenters. The average molecular weight is 296 g/mol. The highest BCUT2D eigenvalue weighted by Gasteiger charge is 2.13. The maximum atomic E-state index is 4.63. The molecule has 116 valence electrons. The molecule has 1 N–H and O–H groups in total. The van der Waals surface area contributed by atoms with Gasteiger partial charge in [-0.05, 0) is 44.4 Å².